The summed E-state index contributed by atoms with van der Waals surface area (Å²) < 4.78 is 0. The topological polar surface area (TPSA) is 17.1 Å². The number of carbonyl (C=O) groups is 1. The van der Waals surface area contributed by atoms with E-state index in [9.17, 15) is 4.79 Å². The van der Waals surface area contributed by atoms with Crippen LogP contribution in [0.1, 0.15) is 112 Å². The molecule has 1 nitrogen and oxygen atoms in total. The molecule has 1 heteroatoms. The number of fused-ring (bicyclic) bond motifs is 4. The van der Waals surface area contributed by atoms with Crippen molar-refractivity contribution in [1.29, 1.82) is 0 Å². The SMILES string of the molecule is CC(C)CCC[C@@H](C)[C@H]1CC[C@H]2[C@@H]3C[C@]45C(=O)[C@@H](C)C[C@H]4CC[C@]5(C)[C@H]3CC[C@]12C. The Morgan fingerprint density at radius 1 is 0.967 bits per heavy atom. The van der Waals surface area contributed by atoms with Gasteiger partial charge in [-0.25, -0.2) is 0 Å². The standard InChI is InChI=1S/C29H48O/c1-18(2)8-7-9-19(3)23-10-11-24-22-17-29-21(16-20(4)26(29)30)12-15-28(29,6)25(22)13-14-27(23,24)5/h18-25H,7-17H2,1-6H3/t19-,20+,21-,22+,23-,24+,25+,27-,28-,29-/m1/s1. The van der Waals surface area contributed by atoms with Crippen molar-refractivity contribution in [3.8, 4) is 0 Å². The predicted octanol–water partition coefficient (Wildman–Crippen LogP) is 7.92. The molecule has 0 aromatic heterocycles. The van der Waals surface area contributed by atoms with Crippen LogP contribution >= 0.6 is 0 Å². The van der Waals surface area contributed by atoms with Crippen LogP contribution < -0.4 is 0 Å². The highest BCUT2D eigenvalue weighted by atomic mass is 16.1. The van der Waals surface area contributed by atoms with Crippen molar-refractivity contribution in [3.63, 3.8) is 0 Å². The second kappa shape index (κ2) is 7.08. The highest BCUT2D eigenvalue weighted by molar-refractivity contribution is 5.91. The van der Waals surface area contributed by atoms with E-state index in [1.807, 2.05) is 0 Å². The average Bonchev–Trinajstić information content (AvgIpc) is 3.32. The third kappa shape index (κ3) is 2.62. The van der Waals surface area contributed by atoms with E-state index >= 15 is 0 Å². The quantitative estimate of drug-likeness (QED) is 0.448. The maximum absolute atomic E-state index is 13.7. The summed E-state index contributed by atoms with van der Waals surface area (Å²) in [5.41, 5.74) is 0.952. The van der Waals surface area contributed by atoms with Gasteiger partial charge in [0.15, 0.2) is 0 Å². The van der Waals surface area contributed by atoms with Gasteiger partial charge in [-0.3, -0.25) is 4.79 Å². The lowest BCUT2D eigenvalue weighted by atomic mass is 9.54. The molecule has 5 aliphatic rings. The van der Waals surface area contributed by atoms with E-state index in [4.69, 9.17) is 0 Å². The highest BCUT2D eigenvalue weighted by Gasteiger charge is 2.75. The van der Waals surface area contributed by atoms with Gasteiger partial charge in [0.1, 0.15) is 5.78 Å². The molecule has 0 radical (unpaired) electrons. The second-order valence-corrected chi connectivity index (χ2v) is 13.7. The molecule has 0 bridgehead atoms. The molecule has 0 heterocycles. The molecule has 0 saturated heterocycles. The van der Waals surface area contributed by atoms with Crippen molar-refractivity contribution >= 4 is 5.78 Å². The first kappa shape index (κ1) is 21.5. The number of hydrogen-bond donors (Lipinski definition) is 0. The van der Waals surface area contributed by atoms with Crippen molar-refractivity contribution < 1.29 is 4.79 Å². The zero-order chi connectivity index (χ0) is 21.5. The van der Waals surface area contributed by atoms with Crippen molar-refractivity contribution in [1.82, 2.24) is 0 Å². The lowest BCUT2D eigenvalue weighted by molar-refractivity contribution is -0.134. The summed E-state index contributed by atoms with van der Waals surface area (Å²) in [5.74, 6) is 6.98. The monoisotopic (exact) mass is 412 g/mol. The highest BCUT2D eigenvalue weighted by Crippen LogP contribution is 2.78. The van der Waals surface area contributed by atoms with Gasteiger partial charge in [0.25, 0.3) is 0 Å². The number of rotatable bonds is 5. The molecule has 5 fully saturated rings. The molecule has 1 spiro atoms. The summed E-state index contributed by atoms with van der Waals surface area (Å²) in [6.45, 7) is 14.8. The Bertz CT molecular complexity index is 694. The Hall–Kier alpha value is -0.330. The van der Waals surface area contributed by atoms with Gasteiger partial charge < -0.3 is 0 Å². The first-order chi connectivity index (χ1) is 14.1. The first-order valence-electron chi connectivity index (χ1n) is 13.7. The zero-order valence-corrected chi connectivity index (χ0v) is 20.8. The molecule has 170 valence electrons. The van der Waals surface area contributed by atoms with Crippen LogP contribution in [-0.2, 0) is 4.79 Å². The van der Waals surface area contributed by atoms with Gasteiger partial charge in [-0.1, -0.05) is 60.8 Å². The van der Waals surface area contributed by atoms with E-state index in [-0.39, 0.29) is 5.41 Å². The summed E-state index contributed by atoms with van der Waals surface area (Å²) in [6, 6.07) is 0. The molecule has 10 atom stereocenters. The number of Topliss-reactive ketones (excluding diaryl/α,β-unsaturated/α-hetero) is 1. The van der Waals surface area contributed by atoms with Gasteiger partial charge in [-0.15, -0.1) is 0 Å². The fourth-order valence-electron chi connectivity index (χ4n) is 11.0. The summed E-state index contributed by atoms with van der Waals surface area (Å²) >= 11 is 0. The fraction of sp³-hybridized carbons (Fsp3) is 0.966. The van der Waals surface area contributed by atoms with E-state index in [0.717, 1.165) is 35.5 Å². The lowest BCUT2D eigenvalue weighted by Crippen LogP contribution is -2.45. The van der Waals surface area contributed by atoms with Gasteiger partial charge in [0, 0.05) is 11.3 Å². The normalized spacial score (nSPS) is 53.0. The Balaban J connectivity index is 1.38. The van der Waals surface area contributed by atoms with Crippen molar-refractivity contribution in [3.05, 3.63) is 0 Å². The summed E-state index contributed by atoms with van der Waals surface area (Å²) in [4.78, 5) is 13.7. The van der Waals surface area contributed by atoms with Crippen molar-refractivity contribution in [2.24, 2.45) is 63.6 Å². The molecule has 5 rings (SSSR count). The average molecular weight is 413 g/mol. The molecular formula is C29H48O. The summed E-state index contributed by atoms with van der Waals surface area (Å²) in [5, 5.41) is 0. The van der Waals surface area contributed by atoms with Crippen LogP contribution in [0.5, 0.6) is 0 Å². The van der Waals surface area contributed by atoms with Crippen LogP contribution in [0.4, 0.5) is 0 Å². The zero-order valence-electron chi connectivity index (χ0n) is 20.8. The van der Waals surface area contributed by atoms with Crippen LogP contribution in [0.25, 0.3) is 0 Å². The van der Waals surface area contributed by atoms with Crippen LogP contribution in [0.15, 0.2) is 0 Å². The molecular weight excluding hydrogens is 364 g/mol. The molecule has 0 aromatic rings. The third-order valence-corrected chi connectivity index (χ3v) is 12.3. The molecule has 30 heavy (non-hydrogen) atoms. The molecule has 0 N–H and O–H groups in total. The Kier molecular flexibility index (Phi) is 5.08. The number of ketones is 1. The minimum absolute atomic E-state index is 0.0773. The van der Waals surface area contributed by atoms with Gasteiger partial charge >= 0.3 is 0 Å². The summed E-state index contributed by atoms with van der Waals surface area (Å²) in [6.07, 6.45) is 15.2. The lowest BCUT2D eigenvalue weighted by Gasteiger charge is -2.51. The second-order valence-electron chi connectivity index (χ2n) is 13.7. The number of hydrogen-bond acceptors (Lipinski definition) is 1. The van der Waals surface area contributed by atoms with E-state index in [1.165, 1.54) is 70.6 Å². The van der Waals surface area contributed by atoms with Crippen molar-refractivity contribution in [2.45, 2.75) is 112 Å². The molecule has 0 aromatic carbocycles. The minimum Gasteiger partial charge on any atom is -0.299 e. The van der Waals surface area contributed by atoms with Gasteiger partial charge in [-0.2, -0.15) is 0 Å². The Morgan fingerprint density at radius 3 is 2.47 bits per heavy atom. The Morgan fingerprint density at radius 2 is 1.73 bits per heavy atom. The van der Waals surface area contributed by atoms with Gasteiger partial charge in [0.2, 0.25) is 0 Å². The van der Waals surface area contributed by atoms with Crippen molar-refractivity contribution in [2.75, 3.05) is 0 Å². The Labute approximate surface area is 186 Å². The largest absolute Gasteiger partial charge is 0.299 e. The third-order valence-electron chi connectivity index (χ3n) is 12.3. The molecule has 0 amide bonds. The van der Waals surface area contributed by atoms with Crippen LogP contribution in [0.2, 0.25) is 0 Å². The predicted molar refractivity (Wildman–Crippen MR) is 125 cm³/mol. The van der Waals surface area contributed by atoms with E-state index in [1.54, 1.807) is 0 Å². The first-order valence-corrected chi connectivity index (χ1v) is 13.7. The van der Waals surface area contributed by atoms with Gasteiger partial charge in [-0.05, 0) is 104 Å². The van der Waals surface area contributed by atoms with E-state index < -0.39 is 0 Å². The molecule has 0 aliphatic heterocycles. The fourth-order valence-corrected chi connectivity index (χ4v) is 11.0. The van der Waals surface area contributed by atoms with Crippen LogP contribution in [-0.4, -0.2) is 5.78 Å². The van der Waals surface area contributed by atoms with Crippen LogP contribution in [0.3, 0.4) is 0 Å². The van der Waals surface area contributed by atoms with Gasteiger partial charge in [0.05, 0.1) is 0 Å². The van der Waals surface area contributed by atoms with Crippen LogP contribution in [0, 0.1) is 63.6 Å². The maximum atomic E-state index is 13.7. The minimum atomic E-state index is 0.0773. The molecule has 0 unspecified atom stereocenters. The summed E-state index contributed by atoms with van der Waals surface area (Å²) in [7, 11) is 0. The molecule has 5 aliphatic carbocycles. The smallest absolute Gasteiger partial charge is 0.142 e. The van der Waals surface area contributed by atoms with E-state index in [0.29, 0.717) is 28.4 Å². The number of carbonyl (C=O) groups excluding carboxylic acids is 1. The van der Waals surface area contributed by atoms with E-state index in [2.05, 4.69) is 41.5 Å². The maximum Gasteiger partial charge on any atom is 0.142 e. The molecule has 5 saturated carbocycles.